The number of hydrogen-bond acceptors (Lipinski definition) is 5. The van der Waals surface area contributed by atoms with Gasteiger partial charge in [-0.1, -0.05) is 6.07 Å². The van der Waals surface area contributed by atoms with Gasteiger partial charge in [0.2, 0.25) is 5.88 Å². The third-order valence-corrected chi connectivity index (χ3v) is 5.19. The second kappa shape index (κ2) is 6.97. The Morgan fingerprint density at radius 1 is 1.41 bits per heavy atom. The van der Waals surface area contributed by atoms with E-state index in [1.165, 1.54) is 18.3 Å². The van der Waals surface area contributed by atoms with Crippen LogP contribution in [0.5, 0.6) is 5.88 Å². The van der Waals surface area contributed by atoms with Gasteiger partial charge < -0.3 is 14.4 Å². The molecule has 3 heterocycles. The first kappa shape index (κ1) is 17.4. The summed E-state index contributed by atoms with van der Waals surface area (Å²) in [6, 6.07) is 11.5. The average Bonchev–Trinajstić information content (AvgIpc) is 3.09. The molecular formula is C20H18FN3O3. The van der Waals surface area contributed by atoms with E-state index < -0.39 is 11.4 Å². The van der Waals surface area contributed by atoms with E-state index in [0.29, 0.717) is 37.4 Å². The Kier molecular flexibility index (Phi) is 4.50. The van der Waals surface area contributed by atoms with Gasteiger partial charge in [-0.15, -0.1) is 0 Å². The van der Waals surface area contributed by atoms with Gasteiger partial charge in [-0.3, -0.25) is 4.79 Å². The van der Waals surface area contributed by atoms with E-state index >= 15 is 0 Å². The van der Waals surface area contributed by atoms with Crippen LogP contribution in [0.1, 0.15) is 22.3 Å². The topological polar surface area (TPSA) is 75.5 Å². The van der Waals surface area contributed by atoms with Crippen molar-refractivity contribution in [2.24, 2.45) is 5.92 Å². The van der Waals surface area contributed by atoms with E-state index in [2.05, 4.69) is 4.98 Å². The number of likely N-dealkylation sites (tertiary alicyclic amines) is 1. The summed E-state index contributed by atoms with van der Waals surface area (Å²) in [6.07, 6.45) is 2.28. The number of nitrogens with zero attached hydrogens (tertiary/aromatic N) is 3. The number of pyridine rings is 1. The van der Waals surface area contributed by atoms with Crippen LogP contribution in [-0.2, 0) is 4.74 Å². The molecule has 138 valence electrons. The van der Waals surface area contributed by atoms with Crippen molar-refractivity contribution in [3.8, 4) is 11.9 Å². The molecule has 1 aromatic heterocycles. The molecule has 2 aliphatic heterocycles. The first-order valence-electron chi connectivity index (χ1n) is 8.78. The molecule has 1 aromatic carbocycles. The van der Waals surface area contributed by atoms with E-state index in [0.717, 1.165) is 6.42 Å². The summed E-state index contributed by atoms with van der Waals surface area (Å²) in [5, 5.41) is 8.99. The standard InChI is InChI=1S/C20H18FN3O3/c21-17-5-2-7-23-18(17)26-11-16-6-8-27-20(16)12-24(13-20)19(25)15-4-1-3-14(9-15)10-22/h1-5,7,9,16H,6,8,11-13H2/t16-/m0/s1. The number of carbonyl (C=O) groups is 1. The zero-order valence-electron chi connectivity index (χ0n) is 14.6. The predicted octanol–water partition coefficient (Wildman–Crippen LogP) is 2.40. The third-order valence-electron chi connectivity index (χ3n) is 5.19. The average molecular weight is 367 g/mol. The van der Waals surface area contributed by atoms with Gasteiger partial charge >= 0.3 is 0 Å². The molecule has 2 aromatic rings. The molecule has 2 aliphatic rings. The van der Waals surface area contributed by atoms with Gasteiger partial charge in [0, 0.05) is 24.3 Å². The monoisotopic (exact) mass is 367 g/mol. The fraction of sp³-hybridized carbons (Fsp3) is 0.350. The fourth-order valence-corrected chi connectivity index (χ4v) is 3.67. The van der Waals surface area contributed by atoms with Crippen molar-refractivity contribution in [1.29, 1.82) is 5.26 Å². The molecule has 0 unspecified atom stereocenters. The number of halogens is 1. The van der Waals surface area contributed by atoms with Crippen LogP contribution in [0, 0.1) is 23.1 Å². The van der Waals surface area contributed by atoms with Gasteiger partial charge in [-0.2, -0.15) is 5.26 Å². The molecule has 0 radical (unpaired) electrons. The van der Waals surface area contributed by atoms with Crippen LogP contribution in [0.15, 0.2) is 42.6 Å². The zero-order valence-corrected chi connectivity index (χ0v) is 14.6. The summed E-state index contributed by atoms with van der Waals surface area (Å²) in [6.45, 7) is 1.80. The Hall–Kier alpha value is -2.98. The van der Waals surface area contributed by atoms with Crippen molar-refractivity contribution in [2.75, 3.05) is 26.3 Å². The number of ether oxygens (including phenoxy) is 2. The van der Waals surface area contributed by atoms with Crippen LogP contribution in [-0.4, -0.2) is 47.7 Å². The third kappa shape index (κ3) is 3.24. The fourth-order valence-electron chi connectivity index (χ4n) is 3.67. The predicted molar refractivity (Wildman–Crippen MR) is 93.5 cm³/mol. The minimum absolute atomic E-state index is 0.0138. The lowest BCUT2D eigenvalue weighted by Gasteiger charge is -2.50. The molecule has 4 rings (SSSR count). The summed E-state index contributed by atoms with van der Waals surface area (Å²) in [5.74, 6) is -0.564. The number of rotatable bonds is 4. The summed E-state index contributed by atoms with van der Waals surface area (Å²) in [4.78, 5) is 18.2. The molecule has 0 N–H and O–H groups in total. The van der Waals surface area contributed by atoms with E-state index in [9.17, 15) is 9.18 Å². The SMILES string of the molecule is N#Cc1cccc(C(=O)N2CC3(C2)OCC[C@H]3COc2ncccc2F)c1. The summed E-state index contributed by atoms with van der Waals surface area (Å²) in [5.41, 5.74) is 0.496. The van der Waals surface area contributed by atoms with Crippen LogP contribution in [0.4, 0.5) is 4.39 Å². The van der Waals surface area contributed by atoms with Crippen molar-refractivity contribution in [2.45, 2.75) is 12.0 Å². The lowest BCUT2D eigenvalue weighted by Crippen LogP contribution is -2.66. The zero-order chi connectivity index (χ0) is 18.9. The highest BCUT2D eigenvalue weighted by molar-refractivity contribution is 5.95. The molecule has 1 atom stereocenters. The molecular weight excluding hydrogens is 349 g/mol. The Balaban J connectivity index is 1.39. The van der Waals surface area contributed by atoms with Crippen molar-refractivity contribution < 1.29 is 18.7 Å². The molecule has 6 nitrogen and oxygen atoms in total. The van der Waals surface area contributed by atoms with Crippen LogP contribution in [0.2, 0.25) is 0 Å². The van der Waals surface area contributed by atoms with Gasteiger partial charge in [0.05, 0.1) is 31.3 Å². The van der Waals surface area contributed by atoms with Crippen molar-refractivity contribution in [3.05, 3.63) is 59.5 Å². The smallest absolute Gasteiger partial charge is 0.254 e. The van der Waals surface area contributed by atoms with E-state index in [4.69, 9.17) is 14.7 Å². The highest BCUT2D eigenvalue weighted by Crippen LogP contribution is 2.40. The normalized spacial score (nSPS) is 20.1. The maximum absolute atomic E-state index is 13.7. The second-order valence-corrected chi connectivity index (χ2v) is 6.85. The molecule has 0 saturated carbocycles. The highest BCUT2D eigenvalue weighted by atomic mass is 19.1. The summed E-state index contributed by atoms with van der Waals surface area (Å²) >= 11 is 0. The second-order valence-electron chi connectivity index (χ2n) is 6.85. The molecule has 2 saturated heterocycles. The first-order valence-corrected chi connectivity index (χ1v) is 8.78. The molecule has 1 spiro atoms. The van der Waals surface area contributed by atoms with Gasteiger partial charge in [0.15, 0.2) is 5.82 Å². The molecule has 0 bridgehead atoms. The number of nitriles is 1. The Labute approximate surface area is 156 Å². The Morgan fingerprint density at radius 3 is 3.04 bits per heavy atom. The molecule has 7 heteroatoms. The first-order chi connectivity index (χ1) is 13.1. The highest BCUT2D eigenvalue weighted by Gasteiger charge is 2.54. The lowest BCUT2D eigenvalue weighted by atomic mass is 9.81. The van der Waals surface area contributed by atoms with E-state index in [-0.39, 0.29) is 17.7 Å². The quantitative estimate of drug-likeness (QED) is 0.830. The maximum Gasteiger partial charge on any atom is 0.254 e. The van der Waals surface area contributed by atoms with Gasteiger partial charge in [0.1, 0.15) is 5.60 Å². The van der Waals surface area contributed by atoms with Crippen LogP contribution < -0.4 is 4.74 Å². The molecule has 0 aliphatic carbocycles. The molecule has 1 amide bonds. The number of benzene rings is 1. The minimum atomic E-state index is -0.492. The van der Waals surface area contributed by atoms with Crippen molar-refractivity contribution in [3.63, 3.8) is 0 Å². The molecule has 27 heavy (non-hydrogen) atoms. The van der Waals surface area contributed by atoms with E-state index in [1.807, 2.05) is 6.07 Å². The minimum Gasteiger partial charge on any atom is -0.475 e. The Morgan fingerprint density at radius 2 is 2.26 bits per heavy atom. The van der Waals surface area contributed by atoms with Crippen molar-refractivity contribution >= 4 is 5.91 Å². The van der Waals surface area contributed by atoms with Gasteiger partial charge in [-0.25, -0.2) is 9.37 Å². The van der Waals surface area contributed by atoms with Crippen LogP contribution in [0.3, 0.4) is 0 Å². The summed E-state index contributed by atoms with van der Waals surface area (Å²) in [7, 11) is 0. The number of aromatic nitrogens is 1. The van der Waals surface area contributed by atoms with Crippen molar-refractivity contribution in [1.82, 2.24) is 9.88 Å². The number of hydrogen-bond donors (Lipinski definition) is 0. The number of amides is 1. The van der Waals surface area contributed by atoms with Gasteiger partial charge in [-0.05, 0) is 36.8 Å². The Bertz CT molecular complexity index is 905. The maximum atomic E-state index is 13.7. The van der Waals surface area contributed by atoms with Crippen LogP contribution >= 0.6 is 0 Å². The molecule has 2 fully saturated rings. The lowest BCUT2D eigenvalue weighted by molar-refractivity contribution is -0.122. The van der Waals surface area contributed by atoms with Gasteiger partial charge in [0.25, 0.3) is 5.91 Å². The number of carbonyl (C=O) groups excluding carboxylic acids is 1. The van der Waals surface area contributed by atoms with E-state index in [1.54, 1.807) is 29.2 Å². The van der Waals surface area contributed by atoms with Crippen LogP contribution in [0.25, 0.3) is 0 Å². The largest absolute Gasteiger partial charge is 0.475 e. The summed E-state index contributed by atoms with van der Waals surface area (Å²) < 4.78 is 25.2.